The third-order valence-electron chi connectivity index (χ3n) is 4.48. The summed E-state index contributed by atoms with van der Waals surface area (Å²) in [6, 6.07) is 7.00. The van der Waals surface area contributed by atoms with E-state index in [2.05, 4.69) is 15.6 Å². The Morgan fingerprint density at radius 2 is 1.83 bits per heavy atom. The van der Waals surface area contributed by atoms with Crippen molar-refractivity contribution in [2.24, 2.45) is 4.99 Å². The van der Waals surface area contributed by atoms with E-state index in [0.29, 0.717) is 37.1 Å². The third kappa shape index (κ3) is 8.37. The van der Waals surface area contributed by atoms with E-state index in [1.54, 1.807) is 36.1 Å². The molecule has 0 aromatic heterocycles. The molecule has 0 aliphatic carbocycles. The van der Waals surface area contributed by atoms with Crippen LogP contribution in [0.2, 0.25) is 0 Å². The van der Waals surface area contributed by atoms with Crippen LogP contribution in [0.25, 0.3) is 0 Å². The molecule has 29 heavy (non-hydrogen) atoms. The Balaban J connectivity index is 0.00000420. The van der Waals surface area contributed by atoms with Crippen LogP contribution in [0.4, 0.5) is 4.79 Å². The van der Waals surface area contributed by atoms with Crippen LogP contribution in [0.15, 0.2) is 34.2 Å². The number of sulfone groups is 1. The first kappa shape index (κ1) is 25.5. The van der Waals surface area contributed by atoms with Crippen molar-refractivity contribution in [3.63, 3.8) is 0 Å². The second-order valence-electron chi connectivity index (χ2n) is 6.72. The van der Waals surface area contributed by atoms with Gasteiger partial charge in [-0.1, -0.05) is 12.1 Å². The second kappa shape index (κ2) is 12.2. The molecule has 164 valence electrons. The van der Waals surface area contributed by atoms with Gasteiger partial charge in [0.05, 0.1) is 18.0 Å². The van der Waals surface area contributed by atoms with E-state index in [1.165, 1.54) is 6.26 Å². The largest absolute Gasteiger partial charge is 0.450 e. The number of halogens is 1. The molecule has 10 heteroatoms. The molecule has 1 saturated heterocycles. The summed E-state index contributed by atoms with van der Waals surface area (Å²) in [5.41, 5.74) is 0.932. The maximum absolute atomic E-state index is 11.8. The zero-order valence-electron chi connectivity index (χ0n) is 17.2. The lowest BCUT2D eigenvalue weighted by Crippen LogP contribution is -2.49. The molecule has 1 heterocycles. The maximum atomic E-state index is 11.8. The Hall–Kier alpha value is -1.56. The van der Waals surface area contributed by atoms with Gasteiger partial charge in [0.1, 0.15) is 0 Å². The van der Waals surface area contributed by atoms with Crippen LogP contribution in [0.1, 0.15) is 32.3 Å². The highest BCUT2D eigenvalue weighted by molar-refractivity contribution is 14.0. The number of hydrogen-bond acceptors (Lipinski definition) is 5. The van der Waals surface area contributed by atoms with Crippen LogP contribution >= 0.6 is 24.0 Å². The molecule has 1 aromatic carbocycles. The Morgan fingerprint density at radius 3 is 2.34 bits per heavy atom. The van der Waals surface area contributed by atoms with Gasteiger partial charge in [0.25, 0.3) is 0 Å². The molecule has 0 saturated carbocycles. The SMILES string of the molecule is CCNC(=NCc1ccc(S(C)(=O)=O)cc1)NC1CCN(C(=O)OCC)CC1.I. The topological polar surface area (TPSA) is 100 Å². The molecule has 2 rings (SSSR count). The van der Waals surface area contributed by atoms with Crippen LogP contribution in [0.3, 0.4) is 0 Å². The van der Waals surface area contributed by atoms with E-state index in [9.17, 15) is 13.2 Å². The average molecular weight is 538 g/mol. The molecule has 1 aromatic rings. The highest BCUT2D eigenvalue weighted by atomic mass is 127. The summed E-state index contributed by atoms with van der Waals surface area (Å²) in [6.45, 7) is 6.69. The summed E-state index contributed by atoms with van der Waals surface area (Å²) in [5, 5.41) is 6.65. The van der Waals surface area contributed by atoms with Gasteiger partial charge in [0.2, 0.25) is 0 Å². The first-order valence-electron chi connectivity index (χ1n) is 9.59. The first-order chi connectivity index (χ1) is 13.3. The fourth-order valence-electron chi connectivity index (χ4n) is 2.95. The number of nitrogens with one attached hydrogen (secondary N) is 2. The van der Waals surface area contributed by atoms with Crippen molar-refractivity contribution >= 4 is 45.9 Å². The smallest absolute Gasteiger partial charge is 0.409 e. The number of aliphatic imine (C=N–C) groups is 1. The van der Waals surface area contributed by atoms with Crippen molar-refractivity contribution in [3.8, 4) is 0 Å². The molecule has 1 aliphatic heterocycles. The minimum atomic E-state index is -3.19. The molecule has 1 fully saturated rings. The second-order valence-corrected chi connectivity index (χ2v) is 8.73. The number of nitrogens with zero attached hydrogens (tertiary/aromatic N) is 2. The van der Waals surface area contributed by atoms with Crippen LogP contribution in [-0.4, -0.2) is 63.9 Å². The van der Waals surface area contributed by atoms with E-state index >= 15 is 0 Å². The predicted molar refractivity (Wildman–Crippen MR) is 125 cm³/mol. The molecule has 0 radical (unpaired) electrons. The number of likely N-dealkylation sites (tertiary alicyclic amines) is 1. The lowest BCUT2D eigenvalue weighted by Gasteiger charge is -2.32. The van der Waals surface area contributed by atoms with E-state index in [0.717, 1.165) is 24.9 Å². The maximum Gasteiger partial charge on any atom is 0.409 e. The van der Waals surface area contributed by atoms with Gasteiger partial charge in [-0.05, 0) is 44.4 Å². The van der Waals surface area contributed by atoms with Gasteiger partial charge in [-0.2, -0.15) is 0 Å². The van der Waals surface area contributed by atoms with E-state index in [4.69, 9.17) is 4.74 Å². The Kier molecular flexibility index (Phi) is 10.7. The number of amides is 1. The molecule has 0 atom stereocenters. The summed E-state index contributed by atoms with van der Waals surface area (Å²) in [4.78, 5) is 18.4. The van der Waals surface area contributed by atoms with E-state index in [-0.39, 0.29) is 36.1 Å². The zero-order valence-corrected chi connectivity index (χ0v) is 20.3. The Morgan fingerprint density at radius 1 is 1.21 bits per heavy atom. The van der Waals surface area contributed by atoms with Gasteiger partial charge in [-0.15, -0.1) is 24.0 Å². The van der Waals surface area contributed by atoms with E-state index < -0.39 is 9.84 Å². The van der Waals surface area contributed by atoms with E-state index in [1.807, 2.05) is 6.92 Å². The fraction of sp³-hybridized carbons (Fsp3) is 0.579. The van der Waals surface area contributed by atoms with Gasteiger partial charge in [0, 0.05) is 31.9 Å². The lowest BCUT2D eigenvalue weighted by molar-refractivity contribution is 0.0963. The van der Waals surface area contributed by atoms with Crippen molar-refractivity contribution in [1.29, 1.82) is 0 Å². The number of ether oxygens (including phenoxy) is 1. The molecular weight excluding hydrogens is 507 g/mol. The summed E-state index contributed by atoms with van der Waals surface area (Å²) in [6.07, 6.45) is 2.60. The van der Waals surface area contributed by atoms with Crippen LogP contribution in [0, 0.1) is 0 Å². The predicted octanol–water partition coefficient (Wildman–Crippen LogP) is 2.38. The molecule has 1 amide bonds. The molecular formula is C19H31IN4O4S. The lowest BCUT2D eigenvalue weighted by atomic mass is 10.1. The van der Waals surface area contributed by atoms with Gasteiger partial charge in [-0.25, -0.2) is 18.2 Å². The molecule has 0 bridgehead atoms. The molecule has 0 unspecified atom stereocenters. The van der Waals surface area contributed by atoms with Crippen molar-refractivity contribution in [3.05, 3.63) is 29.8 Å². The van der Waals surface area contributed by atoms with Crippen LogP contribution in [-0.2, 0) is 21.1 Å². The summed E-state index contributed by atoms with van der Waals surface area (Å²) in [7, 11) is -3.19. The average Bonchev–Trinajstić information content (AvgIpc) is 2.66. The minimum absolute atomic E-state index is 0. The Bertz CT molecular complexity index is 776. The summed E-state index contributed by atoms with van der Waals surface area (Å²) in [5.74, 6) is 0.712. The zero-order chi connectivity index (χ0) is 20.6. The van der Waals surface area contributed by atoms with Crippen molar-refractivity contribution in [2.45, 2.75) is 44.2 Å². The molecule has 8 nitrogen and oxygen atoms in total. The van der Waals surface area contributed by atoms with Crippen LogP contribution < -0.4 is 10.6 Å². The van der Waals surface area contributed by atoms with Crippen molar-refractivity contribution in [1.82, 2.24) is 15.5 Å². The van der Waals surface area contributed by atoms with Crippen LogP contribution in [0.5, 0.6) is 0 Å². The molecule has 1 aliphatic rings. The van der Waals surface area contributed by atoms with Gasteiger partial charge in [0.15, 0.2) is 15.8 Å². The van der Waals surface area contributed by atoms with Crippen molar-refractivity contribution < 1.29 is 17.9 Å². The number of carbonyl (C=O) groups is 1. The number of guanidine groups is 1. The van der Waals surface area contributed by atoms with Gasteiger partial charge in [-0.3, -0.25) is 0 Å². The number of piperidine rings is 1. The standard InChI is InChI=1S/C19H30N4O4S.HI/c1-4-20-18(21-14-15-6-8-17(9-7-15)28(3,25)26)22-16-10-12-23(13-11-16)19(24)27-5-2;/h6-9,16H,4-5,10-14H2,1-3H3,(H2,20,21,22);1H. The third-order valence-corrected chi connectivity index (χ3v) is 5.61. The molecule has 0 spiro atoms. The number of carbonyl (C=O) groups excluding carboxylic acids is 1. The highest BCUT2D eigenvalue weighted by Crippen LogP contribution is 2.13. The summed E-state index contributed by atoms with van der Waals surface area (Å²) < 4.78 is 28.1. The Labute approximate surface area is 190 Å². The first-order valence-corrected chi connectivity index (χ1v) is 11.5. The quantitative estimate of drug-likeness (QED) is 0.328. The fourth-order valence-corrected chi connectivity index (χ4v) is 3.58. The number of benzene rings is 1. The minimum Gasteiger partial charge on any atom is -0.450 e. The van der Waals surface area contributed by atoms with Gasteiger partial charge >= 0.3 is 6.09 Å². The monoisotopic (exact) mass is 538 g/mol. The molecule has 2 N–H and O–H groups in total. The highest BCUT2D eigenvalue weighted by Gasteiger charge is 2.24. The normalized spacial score (nSPS) is 15.4. The number of hydrogen-bond donors (Lipinski definition) is 2. The summed E-state index contributed by atoms with van der Waals surface area (Å²) >= 11 is 0. The van der Waals surface area contributed by atoms with Crippen molar-refractivity contribution in [2.75, 3.05) is 32.5 Å². The van der Waals surface area contributed by atoms with Gasteiger partial charge < -0.3 is 20.3 Å². The number of rotatable bonds is 6.